The molecule has 2 rings (SSSR count). The topological polar surface area (TPSA) is 33.1 Å². The van der Waals surface area contributed by atoms with E-state index in [1.807, 2.05) is 0 Å². The summed E-state index contributed by atoms with van der Waals surface area (Å²) >= 11 is 0. The van der Waals surface area contributed by atoms with Crippen LogP contribution in [0.5, 0.6) is 0 Å². The molecule has 1 atom stereocenters. The number of halogens is 6. The van der Waals surface area contributed by atoms with Gasteiger partial charge in [-0.25, -0.2) is 4.98 Å². The maximum Gasteiger partial charge on any atom is 0.433 e. The molecule has 172 valence electrons. The Balaban J connectivity index is 2.13. The fourth-order valence-corrected chi connectivity index (χ4v) is 3.41. The standard InChI is InChI=1S/C23H27F6NO/c1-2-3-4-5-6-7-8-9-20(31)18-14-15-19(30-21(18)23(27,28)29)16-10-12-17(13-11-16)22(24,25)26/h10-15,20,31H,2-9H2,1H3/t20-/m1/s1. The Hall–Kier alpha value is -2.09. The van der Waals surface area contributed by atoms with Gasteiger partial charge in [0.1, 0.15) is 0 Å². The van der Waals surface area contributed by atoms with Crippen LogP contribution in [0, 0.1) is 0 Å². The van der Waals surface area contributed by atoms with Crippen molar-refractivity contribution < 1.29 is 31.4 Å². The molecule has 0 aliphatic heterocycles. The van der Waals surface area contributed by atoms with E-state index in [0.29, 0.717) is 6.42 Å². The lowest BCUT2D eigenvalue weighted by atomic mass is 9.99. The van der Waals surface area contributed by atoms with Crippen LogP contribution in [0.4, 0.5) is 26.3 Å². The molecule has 1 aromatic carbocycles. The van der Waals surface area contributed by atoms with Gasteiger partial charge in [0.25, 0.3) is 0 Å². The van der Waals surface area contributed by atoms with Gasteiger partial charge in [0.05, 0.1) is 17.4 Å². The fraction of sp³-hybridized carbons (Fsp3) is 0.522. The number of unbranched alkanes of at least 4 members (excludes halogenated alkanes) is 6. The summed E-state index contributed by atoms with van der Waals surface area (Å²) in [5.41, 5.74) is -2.39. The molecule has 1 heterocycles. The van der Waals surface area contributed by atoms with Crippen LogP contribution >= 0.6 is 0 Å². The fourth-order valence-electron chi connectivity index (χ4n) is 3.41. The Morgan fingerprint density at radius 2 is 1.35 bits per heavy atom. The first-order chi connectivity index (χ1) is 14.5. The Bertz CT molecular complexity index is 814. The van der Waals surface area contributed by atoms with Gasteiger partial charge in [-0.2, -0.15) is 26.3 Å². The van der Waals surface area contributed by atoms with E-state index in [2.05, 4.69) is 11.9 Å². The van der Waals surface area contributed by atoms with Gasteiger partial charge in [-0.15, -0.1) is 0 Å². The number of aliphatic hydroxyl groups excluding tert-OH is 1. The summed E-state index contributed by atoms with van der Waals surface area (Å²) in [5.74, 6) is 0. The maximum absolute atomic E-state index is 13.6. The molecule has 31 heavy (non-hydrogen) atoms. The summed E-state index contributed by atoms with van der Waals surface area (Å²) in [4.78, 5) is 3.64. The normalized spacial score (nSPS) is 13.4. The number of hydrogen-bond acceptors (Lipinski definition) is 2. The third-order valence-corrected chi connectivity index (χ3v) is 5.14. The van der Waals surface area contributed by atoms with E-state index < -0.39 is 29.7 Å². The van der Waals surface area contributed by atoms with Crippen LogP contribution in [0.1, 0.15) is 81.2 Å². The summed E-state index contributed by atoms with van der Waals surface area (Å²) in [6.45, 7) is 2.12. The van der Waals surface area contributed by atoms with Gasteiger partial charge in [0, 0.05) is 11.1 Å². The summed E-state index contributed by atoms with van der Waals surface area (Å²) in [7, 11) is 0. The van der Waals surface area contributed by atoms with E-state index >= 15 is 0 Å². The van der Waals surface area contributed by atoms with Crippen LogP contribution in [-0.2, 0) is 12.4 Å². The first kappa shape index (κ1) is 25.2. The van der Waals surface area contributed by atoms with E-state index in [0.717, 1.165) is 68.9 Å². The second-order valence-electron chi connectivity index (χ2n) is 7.63. The highest BCUT2D eigenvalue weighted by Crippen LogP contribution is 2.37. The highest BCUT2D eigenvalue weighted by molar-refractivity contribution is 5.60. The second-order valence-corrected chi connectivity index (χ2v) is 7.63. The van der Waals surface area contributed by atoms with Crippen LogP contribution in [0.3, 0.4) is 0 Å². The number of rotatable bonds is 10. The first-order valence-electron chi connectivity index (χ1n) is 10.5. The average Bonchev–Trinajstić information content (AvgIpc) is 2.71. The molecule has 8 heteroatoms. The third kappa shape index (κ3) is 7.52. The zero-order valence-corrected chi connectivity index (χ0v) is 17.4. The number of alkyl halides is 6. The predicted molar refractivity (Wildman–Crippen MR) is 107 cm³/mol. The highest BCUT2D eigenvalue weighted by atomic mass is 19.4. The molecule has 0 radical (unpaired) electrons. The average molecular weight is 447 g/mol. The first-order valence-corrected chi connectivity index (χ1v) is 10.5. The quantitative estimate of drug-likeness (QED) is 0.296. The summed E-state index contributed by atoms with van der Waals surface area (Å²) in [5, 5.41) is 10.3. The molecule has 2 aromatic rings. The van der Waals surface area contributed by atoms with Crippen molar-refractivity contribution in [3.05, 3.63) is 53.2 Å². The molecule has 1 aromatic heterocycles. The molecule has 0 aliphatic carbocycles. The number of benzene rings is 1. The molecule has 0 amide bonds. The molecule has 1 N–H and O–H groups in total. The minimum Gasteiger partial charge on any atom is -0.388 e. The minimum atomic E-state index is -4.79. The van der Waals surface area contributed by atoms with Crippen LogP contribution in [0.15, 0.2) is 36.4 Å². The Morgan fingerprint density at radius 3 is 1.90 bits per heavy atom. The van der Waals surface area contributed by atoms with E-state index in [1.165, 1.54) is 6.07 Å². The van der Waals surface area contributed by atoms with Crippen LogP contribution in [0.25, 0.3) is 11.3 Å². The highest BCUT2D eigenvalue weighted by Gasteiger charge is 2.37. The van der Waals surface area contributed by atoms with E-state index in [4.69, 9.17) is 0 Å². The lowest BCUT2D eigenvalue weighted by Crippen LogP contribution is -2.15. The molecular formula is C23H27F6NO. The smallest absolute Gasteiger partial charge is 0.388 e. The maximum atomic E-state index is 13.6. The Labute approximate surface area is 178 Å². The van der Waals surface area contributed by atoms with Crippen molar-refractivity contribution in [2.45, 2.75) is 76.7 Å². The van der Waals surface area contributed by atoms with E-state index in [-0.39, 0.29) is 23.2 Å². The van der Waals surface area contributed by atoms with Crippen molar-refractivity contribution >= 4 is 0 Å². The van der Waals surface area contributed by atoms with Crippen molar-refractivity contribution in [3.8, 4) is 11.3 Å². The molecule has 0 aliphatic rings. The summed E-state index contributed by atoms with van der Waals surface area (Å²) < 4.78 is 78.8. The Morgan fingerprint density at radius 1 is 0.774 bits per heavy atom. The Kier molecular flexibility index (Phi) is 8.91. The zero-order valence-electron chi connectivity index (χ0n) is 17.4. The van der Waals surface area contributed by atoms with Gasteiger partial charge in [-0.1, -0.05) is 70.1 Å². The van der Waals surface area contributed by atoms with Crippen LogP contribution in [-0.4, -0.2) is 10.1 Å². The van der Waals surface area contributed by atoms with Crippen LogP contribution < -0.4 is 0 Å². The third-order valence-electron chi connectivity index (χ3n) is 5.14. The molecule has 0 unspecified atom stereocenters. The van der Waals surface area contributed by atoms with Gasteiger partial charge in [-0.05, 0) is 24.6 Å². The number of aromatic nitrogens is 1. The number of hydrogen-bond donors (Lipinski definition) is 1. The monoisotopic (exact) mass is 447 g/mol. The number of pyridine rings is 1. The minimum absolute atomic E-state index is 0.104. The van der Waals surface area contributed by atoms with Gasteiger partial charge < -0.3 is 5.11 Å². The molecule has 0 bridgehead atoms. The van der Waals surface area contributed by atoms with Gasteiger partial charge >= 0.3 is 12.4 Å². The number of aliphatic hydroxyl groups is 1. The summed E-state index contributed by atoms with van der Waals surface area (Å²) in [6, 6.07) is 6.22. The lowest BCUT2D eigenvalue weighted by molar-refractivity contribution is -0.142. The van der Waals surface area contributed by atoms with E-state index in [9.17, 15) is 31.4 Å². The molecule has 2 nitrogen and oxygen atoms in total. The van der Waals surface area contributed by atoms with Gasteiger partial charge in [0.15, 0.2) is 5.69 Å². The molecular weight excluding hydrogens is 420 g/mol. The second kappa shape index (κ2) is 11.0. The molecule has 0 saturated heterocycles. The number of nitrogens with zero attached hydrogens (tertiary/aromatic N) is 1. The van der Waals surface area contributed by atoms with Gasteiger partial charge in [-0.3, -0.25) is 0 Å². The summed E-state index contributed by atoms with van der Waals surface area (Å²) in [6.07, 6.45) is -3.53. The SMILES string of the molecule is CCCCCCCCC[C@@H](O)c1ccc(-c2ccc(C(F)(F)F)cc2)nc1C(F)(F)F. The van der Waals surface area contributed by atoms with E-state index in [1.54, 1.807) is 0 Å². The molecule has 0 saturated carbocycles. The van der Waals surface area contributed by atoms with Crippen molar-refractivity contribution in [3.63, 3.8) is 0 Å². The largest absolute Gasteiger partial charge is 0.433 e. The lowest BCUT2D eigenvalue weighted by Gasteiger charge is -2.18. The van der Waals surface area contributed by atoms with Crippen molar-refractivity contribution in [2.75, 3.05) is 0 Å². The van der Waals surface area contributed by atoms with Crippen molar-refractivity contribution in [1.29, 1.82) is 0 Å². The van der Waals surface area contributed by atoms with Crippen LogP contribution in [0.2, 0.25) is 0 Å². The molecule has 0 fully saturated rings. The predicted octanol–water partition coefficient (Wildman–Crippen LogP) is 7.96. The zero-order chi connectivity index (χ0) is 23.1. The van der Waals surface area contributed by atoms with Crippen molar-refractivity contribution in [2.24, 2.45) is 0 Å². The van der Waals surface area contributed by atoms with Crippen molar-refractivity contribution in [1.82, 2.24) is 4.98 Å². The van der Waals surface area contributed by atoms with Gasteiger partial charge in [0.2, 0.25) is 0 Å². The molecule has 0 spiro atoms.